The molecule has 0 aromatic carbocycles. The number of nitrogens with zero attached hydrogens (tertiary/aromatic N) is 3. The van der Waals surface area contributed by atoms with Crippen LogP contribution in [-0.2, 0) is 20.9 Å². The maximum absolute atomic E-state index is 12.4. The number of thioether (sulfide) groups is 1. The Bertz CT molecular complexity index is 839. The van der Waals surface area contributed by atoms with Crippen LogP contribution >= 0.6 is 23.4 Å². The molecule has 0 spiro atoms. The van der Waals surface area contributed by atoms with E-state index >= 15 is 0 Å². The number of imidazole rings is 1. The van der Waals surface area contributed by atoms with E-state index in [0.29, 0.717) is 22.9 Å². The Morgan fingerprint density at radius 3 is 3.17 bits per heavy atom. The van der Waals surface area contributed by atoms with E-state index in [4.69, 9.17) is 16.3 Å². The van der Waals surface area contributed by atoms with Crippen molar-refractivity contribution in [2.24, 2.45) is 0 Å². The van der Waals surface area contributed by atoms with E-state index in [2.05, 4.69) is 4.98 Å². The first-order valence-electron chi connectivity index (χ1n) is 7.72. The number of aromatic nitrogens is 2. The Morgan fingerprint density at radius 2 is 2.33 bits per heavy atom. The lowest BCUT2D eigenvalue weighted by Gasteiger charge is -2.29. The zero-order valence-corrected chi connectivity index (χ0v) is 14.6. The number of ether oxygens (including phenoxy) is 1. The molecule has 24 heavy (non-hydrogen) atoms. The van der Waals surface area contributed by atoms with Crippen LogP contribution < -0.4 is 0 Å². The van der Waals surface area contributed by atoms with Crippen LogP contribution in [0, 0.1) is 0 Å². The lowest BCUT2D eigenvalue weighted by molar-refractivity contribution is -0.154. The molecule has 0 unspecified atom stereocenters. The van der Waals surface area contributed by atoms with E-state index in [9.17, 15) is 9.59 Å². The summed E-state index contributed by atoms with van der Waals surface area (Å²) in [5, 5.41) is 0.609. The van der Waals surface area contributed by atoms with E-state index in [1.807, 2.05) is 6.92 Å². The number of hydrogen-bond acceptors (Lipinski definition) is 5. The van der Waals surface area contributed by atoms with Crippen molar-refractivity contribution in [1.29, 1.82) is 0 Å². The molecular weight excluding hydrogens is 350 g/mol. The molecule has 8 heteroatoms. The molecule has 0 bridgehead atoms. The highest BCUT2D eigenvalue weighted by Gasteiger charge is 2.53. The van der Waals surface area contributed by atoms with Gasteiger partial charge >= 0.3 is 5.97 Å². The second-order valence-electron chi connectivity index (χ2n) is 6.22. The highest BCUT2D eigenvalue weighted by Crippen LogP contribution is 2.47. The lowest BCUT2D eigenvalue weighted by Crippen LogP contribution is -2.46. The van der Waals surface area contributed by atoms with Crippen LogP contribution in [0.1, 0.15) is 25.5 Å². The summed E-state index contributed by atoms with van der Waals surface area (Å²) in [4.78, 5) is 30.3. The molecule has 126 valence electrons. The largest absolute Gasteiger partial charge is 0.458 e. The summed E-state index contributed by atoms with van der Waals surface area (Å²) >= 11 is 7.60. The molecule has 2 atom stereocenters. The Kier molecular flexibility index (Phi) is 3.73. The van der Waals surface area contributed by atoms with Crippen molar-refractivity contribution >= 4 is 40.9 Å². The zero-order valence-electron chi connectivity index (χ0n) is 13.1. The molecule has 0 radical (unpaired) electrons. The summed E-state index contributed by atoms with van der Waals surface area (Å²) in [5.74, 6) is 0.255. The van der Waals surface area contributed by atoms with Crippen molar-refractivity contribution in [2.45, 2.75) is 37.3 Å². The second kappa shape index (κ2) is 5.67. The van der Waals surface area contributed by atoms with Gasteiger partial charge in [-0.25, -0.2) is 9.78 Å². The van der Waals surface area contributed by atoms with Gasteiger partial charge in [-0.1, -0.05) is 11.6 Å². The minimum absolute atomic E-state index is 0.0341. The quantitative estimate of drug-likeness (QED) is 0.782. The van der Waals surface area contributed by atoms with Crippen LogP contribution in [0.3, 0.4) is 0 Å². The third kappa shape index (κ3) is 2.56. The average molecular weight is 366 g/mol. The van der Waals surface area contributed by atoms with Gasteiger partial charge in [-0.2, -0.15) is 0 Å². The summed E-state index contributed by atoms with van der Waals surface area (Å²) < 4.78 is 7.21. The van der Waals surface area contributed by atoms with Gasteiger partial charge in [0.05, 0.1) is 15.6 Å². The Balaban J connectivity index is 1.45. The molecule has 0 saturated carbocycles. The van der Waals surface area contributed by atoms with E-state index < -0.39 is 6.04 Å². The van der Waals surface area contributed by atoms with Crippen molar-refractivity contribution < 1.29 is 14.3 Å². The first-order valence-corrected chi connectivity index (χ1v) is 9.08. The number of esters is 1. The van der Waals surface area contributed by atoms with Gasteiger partial charge in [0, 0.05) is 24.6 Å². The predicted molar refractivity (Wildman–Crippen MR) is 90.7 cm³/mol. The second-order valence-corrected chi connectivity index (χ2v) is 8.16. The molecule has 2 aliphatic heterocycles. The van der Waals surface area contributed by atoms with Gasteiger partial charge < -0.3 is 14.0 Å². The molecule has 2 aliphatic rings. The fraction of sp³-hybridized carbons (Fsp3) is 0.438. The minimum atomic E-state index is -0.499. The summed E-state index contributed by atoms with van der Waals surface area (Å²) in [6, 6.07) is 3.06. The summed E-state index contributed by atoms with van der Waals surface area (Å²) in [7, 11) is 0. The molecule has 2 fully saturated rings. The molecule has 2 aromatic heterocycles. The van der Waals surface area contributed by atoms with Gasteiger partial charge in [0.1, 0.15) is 18.3 Å². The van der Waals surface area contributed by atoms with Crippen LogP contribution in [0.2, 0.25) is 5.02 Å². The fourth-order valence-electron chi connectivity index (χ4n) is 3.32. The Labute approximate surface area is 148 Å². The van der Waals surface area contributed by atoms with Gasteiger partial charge in [-0.15, -0.1) is 11.8 Å². The monoisotopic (exact) mass is 365 g/mol. The van der Waals surface area contributed by atoms with Gasteiger partial charge in [-0.3, -0.25) is 4.79 Å². The maximum atomic E-state index is 12.4. The summed E-state index contributed by atoms with van der Waals surface area (Å²) in [6.45, 7) is 2.10. The minimum Gasteiger partial charge on any atom is -0.458 e. The summed E-state index contributed by atoms with van der Waals surface area (Å²) in [5.41, 5.74) is 1.39. The van der Waals surface area contributed by atoms with Crippen LogP contribution in [0.15, 0.2) is 24.5 Å². The Morgan fingerprint density at radius 1 is 1.50 bits per heavy atom. The maximum Gasteiger partial charge on any atom is 0.330 e. The smallest absolute Gasteiger partial charge is 0.330 e. The molecule has 0 N–H and O–H groups in total. The van der Waals surface area contributed by atoms with E-state index in [-0.39, 0.29) is 23.4 Å². The third-order valence-electron chi connectivity index (χ3n) is 4.54. The lowest BCUT2D eigenvalue weighted by atomic mass is 10.2. The highest BCUT2D eigenvalue weighted by molar-refractivity contribution is 8.01. The van der Waals surface area contributed by atoms with E-state index in [1.165, 1.54) is 0 Å². The van der Waals surface area contributed by atoms with Gasteiger partial charge in [0.25, 0.3) is 0 Å². The highest BCUT2D eigenvalue weighted by atomic mass is 35.5. The first-order chi connectivity index (χ1) is 11.5. The van der Waals surface area contributed by atoms with E-state index in [1.54, 1.807) is 45.6 Å². The number of fused-ring (bicyclic) bond motifs is 2. The molecule has 4 heterocycles. The number of carbonyl (C=O) groups excluding carboxylic acids is 2. The number of carbonyl (C=O) groups is 2. The topological polar surface area (TPSA) is 63.9 Å². The van der Waals surface area contributed by atoms with E-state index in [0.717, 1.165) is 12.1 Å². The molecule has 2 saturated heterocycles. The van der Waals surface area contributed by atoms with Crippen LogP contribution in [0.5, 0.6) is 0 Å². The van der Waals surface area contributed by atoms with Gasteiger partial charge in [-0.05, 0) is 25.5 Å². The van der Waals surface area contributed by atoms with Gasteiger partial charge in [0.2, 0.25) is 5.91 Å². The zero-order chi connectivity index (χ0) is 16.9. The van der Waals surface area contributed by atoms with Gasteiger partial charge in [0.15, 0.2) is 0 Å². The normalized spacial score (nSPS) is 26.2. The Hall–Kier alpha value is -1.73. The van der Waals surface area contributed by atoms with Crippen molar-refractivity contribution in [2.75, 3.05) is 5.75 Å². The molecule has 2 aromatic rings. The number of rotatable bonds is 3. The number of halogens is 1. The number of hydrogen-bond donors (Lipinski definition) is 0. The standard InChI is InChI=1S/C16H16ClN3O3S/c1-16-5-4-14(21)20(16)12(9-24-16)15(22)23-8-11-7-19-6-10(17)2-3-13(19)18-11/h2-3,6-7,12H,4-5,8-9H2,1H3/t12-,16-/m1/s1. The van der Waals surface area contributed by atoms with Crippen molar-refractivity contribution in [3.63, 3.8) is 0 Å². The molecule has 0 aliphatic carbocycles. The van der Waals surface area contributed by atoms with Crippen molar-refractivity contribution in [1.82, 2.24) is 14.3 Å². The van der Waals surface area contributed by atoms with Crippen LogP contribution in [0.25, 0.3) is 5.65 Å². The van der Waals surface area contributed by atoms with Crippen LogP contribution in [0.4, 0.5) is 0 Å². The predicted octanol–water partition coefficient (Wildman–Crippen LogP) is 2.48. The third-order valence-corrected chi connectivity index (χ3v) is 6.27. The molecular formula is C16H16ClN3O3S. The SMILES string of the molecule is C[C@@]12CCC(=O)N1[C@@H](C(=O)OCc1cn3cc(Cl)ccc3n1)CS2. The molecule has 4 rings (SSSR count). The number of pyridine rings is 1. The average Bonchev–Trinajstić information content (AvgIpc) is 3.18. The number of amides is 1. The molecule has 1 amide bonds. The van der Waals surface area contributed by atoms with Crippen LogP contribution in [-0.4, -0.2) is 42.8 Å². The van der Waals surface area contributed by atoms with Crippen molar-refractivity contribution in [3.05, 3.63) is 35.2 Å². The fourth-order valence-corrected chi connectivity index (χ4v) is 4.91. The molecule has 6 nitrogen and oxygen atoms in total. The first kappa shape index (κ1) is 15.8. The summed E-state index contributed by atoms with van der Waals surface area (Å²) in [6.07, 6.45) is 4.81. The van der Waals surface area contributed by atoms with Crippen molar-refractivity contribution in [3.8, 4) is 0 Å².